The Morgan fingerprint density at radius 1 is 1.14 bits per heavy atom. The molecule has 0 unspecified atom stereocenters. The zero-order valence-corrected chi connectivity index (χ0v) is 15.9. The number of ether oxygens (including phenoxy) is 2. The Labute approximate surface area is 167 Å². The summed E-state index contributed by atoms with van der Waals surface area (Å²) in [6.07, 6.45) is 2.00. The number of methoxy groups -OCH3 is 1. The molecule has 1 aliphatic rings. The van der Waals surface area contributed by atoms with E-state index < -0.39 is 16.8 Å². The van der Waals surface area contributed by atoms with Gasteiger partial charge in [-0.05, 0) is 49.2 Å². The van der Waals surface area contributed by atoms with E-state index in [9.17, 15) is 19.7 Å². The number of benzene rings is 2. The summed E-state index contributed by atoms with van der Waals surface area (Å²) in [6, 6.07) is 10.9. The van der Waals surface area contributed by atoms with E-state index in [1.165, 1.54) is 13.2 Å². The van der Waals surface area contributed by atoms with Gasteiger partial charge in [0.25, 0.3) is 11.6 Å². The maximum Gasteiger partial charge on any atom is 0.343 e. The van der Waals surface area contributed by atoms with E-state index in [-0.39, 0.29) is 17.9 Å². The highest BCUT2D eigenvalue weighted by Gasteiger charge is 2.23. The Bertz CT molecular complexity index is 907. The average molecular weight is 399 g/mol. The van der Waals surface area contributed by atoms with E-state index in [2.05, 4.69) is 10.1 Å². The minimum atomic E-state index is -0.499. The normalized spacial score (nSPS) is 13.1. The SMILES string of the molecule is COC(=O)COc1ccc(NC(=O)c2ccc(N3CCCC3)c([N+](=O)[O-])c2)cc1. The van der Waals surface area contributed by atoms with Crippen LogP contribution in [0.25, 0.3) is 0 Å². The number of amides is 1. The lowest BCUT2D eigenvalue weighted by atomic mass is 10.1. The fourth-order valence-electron chi connectivity index (χ4n) is 3.08. The lowest BCUT2D eigenvalue weighted by Gasteiger charge is -2.17. The van der Waals surface area contributed by atoms with E-state index in [1.54, 1.807) is 36.4 Å². The largest absolute Gasteiger partial charge is 0.482 e. The van der Waals surface area contributed by atoms with Crippen molar-refractivity contribution in [3.05, 3.63) is 58.1 Å². The monoisotopic (exact) mass is 399 g/mol. The van der Waals surface area contributed by atoms with Crippen LogP contribution in [0.2, 0.25) is 0 Å². The van der Waals surface area contributed by atoms with Crippen molar-refractivity contribution >= 4 is 28.9 Å². The molecule has 1 aliphatic heterocycles. The second-order valence-corrected chi connectivity index (χ2v) is 6.50. The van der Waals surface area contributed by atoms with Gasteiger partial charge in [0.2, 0.25) is 0 Å². The minimum Gasteiger partial charge on any atom is -0.482 e. The van der Waals surface area contributed by atoms with E-state index >= 15 is 0 Å². The standard InChI is InChI=1S/C20H21N3O6/c1-28-19(24)13-29-16-7-5-15(6-8-16)21-20(25)14-4-9-17(18(12-14)23(26)27)22-10-2-3-11-22/h4-9,12H,2-3,10-11,13H2,1H3,(H,21,25). The third kappa shape index (κ3) is 5.01. The smallest absolute Gasteiger partial charge is 0.343 e. The van der Waals surface area contributed by atoms with Crippen LogP contribution >= 0.6 is 0 Å². The number of nitro groups is 1. The number of nitrogens with zero attached hydrogens (tertiary/aromatic N) is 2. The first kappa shape index (κ1) is 20.1. The van der Waals surface area contributed by atoms with Crippen LogP contribution in [-0.4, -0.2) is 43.6 Å². The number of esters is 1. The van der Waals surface area contributed by atoms with Crippen molar-refractivity contribution in [3.63, 3.8) is 0 Å². The van der Waals surface area contributed by atoms with Crippen molar-refractivity contribution in [2.24, 2.45) is 0 Å². The van der Waals surface area contributed by atoms with Crippen LogP contribution < -0.4 is 15.0 Å². The molecule has 1 amide bonds. The molecule has 3 rings (SSSR count). The summed E-state index contributed by atoms with van der Waals surface area (Å²) in [4.78, 5) is 36.6. The number of rotatable bonds is 7. The first-order valence-corrected chi connectivity index (χ1v) is 9.12. The number of carbonyl (C=O) groups is 2. The summed E-state index contributed by atoms with van der Waals surface area (Å²) in [7, 11) is 1.27. The molecule has 0 radical (unpaired) electrons. The molecule has 0 saturated carbocycles. The van der Waals surface area contributed by atoms with Gasteiger partial charge in [-0.2, -0.15) is 0 Å². The third-order valence-electron chi connectivity index (χ3n) is 4.58. The molecule has 0 bridgehead atoms. The Hall–Kier alpha value is -3.62. The second-order valence-electron chi connectivity index (χ2n) is 6.50. The Morgan fingerprint density at radius 2 is 1.83 bits per heavy atom. The van der Waals surface area contributed by atoms with Crippen LogP contribution in [0, 0.1) is 10.1 Å². The predicted octanol–water partition coefficient (Wildman–Crippen LogP) is 3.00. The quantitative estimate of drug-likeness (QED) is 0.433. The number of nitro benzene ring substituents is 1. The zero-order chi connectivity index (χ0) is 20.8. The van der Waals surface area contributed by atoms with Crippen molar-refractivity contribution in [2.75, 3.05) is 37.0 Å². The van der Waals surface area contributed by atoms with Crippen LogP contribution in [0.3, 0.4) is 0 Å². The molecule has 1 saturated heterocycles. The summed E-state index contributed by atoms with van der Waals surface area (Å²) in [5.74, 6) is -0.510. The zero-order valence-electron chi connectivity index (χ0n) is 15.9. The topological polar surface area (TPSA) is 111 Å². The molecule has 0 spiro atoms. The van der Waals surface area contributed by atoms with E-state index in [0.29, 0.717) is 17.1 Å². The highest BCUT2D eigenvalue weighted by molar-refractivity contribution is 6.05. The van der Waals surface area contributed by atoms with Crippen molar-refractivity contribution in [3.8, 4) is 5.75 Å². The van der Waals surface area contributed by atoms with Gasteiger partial charge < -0.3 is 19.7 Å². The number of carbonyl (C=O) groups excluding carboxylic acids is 2. The minimum absolute atomic E-state index is 0.0777. The van der Waals surface area contributed by atoms with Crippen LogP contribution in [-0.2, 0) is 9.53 Å². The lowest BCUT2D eigenvalue weighted by Crippen LogP contribution is -2.19. The van der Waals surface area contributed by atoms with Gasteiger partial charge in [-0.25, -0.2) is 4.79 Å². The Morgan fingerprint density at radius 3 is 2.45 bits per heavy atom. The molecule has 29 heavy (non-hydrogen) atoms. The van der Waals surface area contributed by atoms with Gasteiger partial charge in [-0.1, -0.05) is 0 Å². The maximum absolute atomic E-state index is 12.5. The van der Waals surface area contributed by atoms with Crippen molar-refractivity contribution in [1.29, 1.82) is 0 Å². The maximum atomic E-state index is 12.5. The highest BCUT2D eigenvalue weighted by Crippen LogP contribution is 2.32. The highest BCUT2D eigenvalue weighted by atomic mass is 16.6. The van der Waals surface area contributed by atoms with E-state index in [0.717, 1.165) is 25.9 Å². The van der Waals surface area contributed by atoms with E-state index in [4.69, 9.17) is 4.74 Å². The second kappa shape index (κ2) is 9.05. The van der Waals surface area contributed by atoms with Gasteiger partial charge in [0.15, 0.2) is 6.61 Å². The summed E-state index contributed by atoms with van der Waals surface area (Å²) < 4.78 is 9.73. The lowest BCUT2D eigenvalue weighted by molar-refractivity contribution is -0.384. The van der Waals surface area contributed by atoms with Crippen molar-refractivity contribution in [2.45, 2.75) is 12.8 Å². The molecule has 1 heterocycles. The van der Waals surface area contributed by atoms with Gasteiger partial charge in [0.1, 0.15) is 11.4 Å². The Balaban J connectivity index is 1.69. The van der Waals surface area contributed by atoms with Crippen molar-refractivity contribution < 1.29 is 24.0 Å². The molecular formula is C20H21N3O6. The van der Waals surface area contributed by atoms with Crippen LogP contribution in [0.15, 0.2) is 42.5 Å². The Kier molecular flexibility index (Phi) is 6.28. The van der Waals surface area contributed by atoms with Crippen LogP contribution in [0.4, 0.5) is 17.1 Å². The molecule has 0 atom stereocenters. The summed E-state index contributed by atoms with van der Waals surface area (Å²) in [5.41, 5.74) is 1.15. The predicted molar refractivity (Wildman–Crippen MR) is 106 cm³/mol. The van der Waals surface area contributed by atoms with Gasteiger partial charge in [-0.3, -0.25) is 14.9 Å². The van der Waals surface area contributed by atoms with Gasteiger partial charge in [0.05, 0.1) is 12.0 Å². The molecule has 1 N–H and O–H groups in total. The average Bonchev–Trinajstić information content (AvgIpc) is 3.27. The van der Waals surface area contributed by atoms with Crippen LogP contribution in [0.5, 0.6) is 5.75 Å². The number of hydrogen-bond acceptors (Lipinski definition) is 7. The summed E-state index contributed by atoms with van der Waals surface area (Å²) >= 11 is 0. The van der Waals surface area contributed by atoms with E-state index in [1.807, 2.05) is 4.90 Å². The number of hydrogen-bond donors (Lipinski definition) is 1. The fraction of sp³-hybridized carbons (Fsp3) is 0.300. The molecule has 9 heteroatoms. The first-order valence-electron chi connectivity index (χ1n) is 9.12. The third-order valence-corrected chi connectivity index (χ3v) is 4.58. The van der Waals surface area contributed by atoms with Crippen LogP contribution in [0.1, 0.15) is 23.2 Å². The fourth-order valence-corrected chi connectivity index (χ4v) is 3.08. The van der Waals surface area contributed by atoms with Gasteiger partial charge in [0, 0.05) is 30.4 Å². The summed E-state index contributed by atoms with van der Waals surface area (Å²) in [6.45, 7) is 1.34. The summed E-state index contributed by atoms with van der Waals surface area (Å²) in [5, 5.41) is 14.2. The number of nitrogens with one attached hydrogen (secondary N) is 1. The molecule has 9 nitrogen and oxygen atoms in total. The first-order chi connectivity index (χ1) is 14.0. The van der Waals surface area contributed by atoms with Gasteiger partial charge in [-0.15, -0.1) is 0 Å². The van der Waals surface area contributed by atoms with Gasteiger partial charge >= 0.3 is 5.97 Å². The molecule has 0 aliphatic carbocycles. The molecular weight excluding hydrogens is 378 g/mol. The molecule has 2 aromatic rings. The molecule has 152 valence electrons. The number of anilines is 2. The molecule has 2 aromatic carbocycles. The molecule has 1 fully saturated rings. The van der Waals surface area contributed by atoms with Crippen molar-refractivity contribution in [1.82, 2.24) is 0 Å². The molecule has 0 aromatic heterocycles.